The van der Waals surface area contributed by atoms with E-state index in [1.54, 1.807) is 29.8 Å². The van der Waals surface area contributed by atoms with Gasteiger partial charge in [0.1, 0.15) is 11.9 Å². The van der Waals surface area contributed by atoms with Crippen molar-refractivity contribution in [2.75, 3.05) is 11.9 Å². The van der Waals surface area contributed by atoms with Crippen LogP contribution in [-0.2, 0) is 12.6 Å². The molecule has 32 heavy (non-hydrogen) atoms. The Labute approximate surface area is 181 Å². The second-order valence-corrected chi connectivity index (χ2v) is 7.15. The first-order valence-electron chi connectivity index (χ1n) is 9.84. The van der Waals surface area contributed by atoms with Gasteiger partial charge in [-0.25, -0.2) is 9.97 Å². The Morgan fingerprint density at radius 3 is 2.53 bits per heavy atom. The van der Waals surface area contributed by atoms with Crippen LogP contribution in [0.2, 0.25) is 0 Å². The standard InChI is InChI=1S/C22H18F3N7/c1-14-29-20-11-19(16-5-7-17(8-6-16)22(23,24)25)30-21(32(20)31-14)27-10-2-3-18-9-4-15(12-26)13-28-18/h4-9,11,13H,2-3,10H2,1H3,(H,27,30). The second-order valence-electron chi connectivity index (χ2n) is 7.15. The smallest absolute Gasteiger partial charge is 0.354 e. The number of fused-ring (bicyclic) bond motifs is 1. The van der Waals surface area contributed by atoms with Gasteiger partial charge in [0.25, 0.3) is 0 Å². The van der Waals surface area contributed by atoms with Gasteiger partial charge in [-0.05, 0) is 44.0 Å². The zero-order valence-corrected chi connectivity index (χ0v) is 17.1. The average molecular weight is 437 g/mol. The first-order chi connectivity index (χ1) is 15.3. The zero-order chi connectivity index (χ0) is 22.7. The molecule has 0 spiro atoms. The van der Waals surface area contributed by atoms with Crippen LogP contribution in [0.3, 0.4) is 0 Å². The van der Waals surface area contributed by atoms with Gasteiger partial charge in [0, 0.05) is 30.1 Å². The molecule has 4 aromatic rings. The minimum Gasteiger partial charge on any atom is -0.354 e. The van der Waals surface area contributed by atoms with Gasteiger partial charge < -0.3 is 5.32 Å². The molecule has 0 aliphatic carbocycles. The van der Waals surface area contributed by atoms with E-state index in [2.05, 4.69) is 25.4 Å². The van der Waals surface area contributed by atoms with Crippen LogP contribution in [0.4, 0.5) is 19.1 Å². The molecule has 3 aromatic heterocycles. The van der Waals surface area contributed by atoms with Crippen molar-refractivity contribution in [3.8, 4) is 17.3 Å². The number of aryl methyl sites for hydroxylation is 2. The summed E-state index contributed by atoms with van der Waals surface area (Å²) in [5.41, 5.74) is 2.26. The summed E-state index contributed by atoms with van der Waals surface area (Å²) in [5, 5.41) is 16.4. The van der Waals surface area contributed by atoms with E-state index in [4.69, 9.17) is 5.26 Å². The Kier molecular flexibility index (Phi) is 5.73. The molecule has 4 rings (SSSR count). The first kappa shape index (κ1) is 21.2. The van der Waals surface area contributed by atoms with Crippen LogP contribution >= 0.6 is 0 Å². The van der Waals surface area contributed by atoms with Crippen molar-refractivity contribution < 1.29 is 13.2 Å². The maximum absolute atomic E-state index is 12.9. The molecule has 0 radical (unpaired) electrons. The van der Waals surface area contributed by atoms with Crippen molar-refractivity contribution in [3.05, 3.63) is 71.3 Å². The molecular weight excluding hydrogens is 419 g/mol. The molecule has 162 valence electrons. The van der Waals surface area contributed by atoms with E-state index in [0.717, 1.165) is 24.2 Å². The van der Waals surface area contributed by atoms with Crippen molar-refractivity contribution in [3.63, 3.8) is 0 Å². The lowest BCUT2D eigenvalue weighted by Gasteiger charge is -2.11. The van der Waals surface area contributed by atoms with E-state index >= 15 is 0 Å². The molecule has 0 amide bonds. The Bertz CT molecular complexity index is 1270. The molecule has 3 heterocycles. The summed E-state index contributed by atoms with van der Waals surface area (Å²) in [6, 6.07) is 12.1. The molecule has 0 aliphatic rings. The quantitative estimate of drug-likeness (QED) is 0.449. The number of rotatable bonds is 6. The molecule has 1 aromatic carbocycles. The third-order valence-corrected chi connectivity index (χ3v) is 4.79. The van der Waals surface area contributed by atoms with E-state index in [-0.39, 0.29) is 0 Å². The number of nitrogens with zero attached hydrogens (tertiary/aromatic N) is 6. The molecule has 0 bridgehead atoms. The summed E-state index contributed by atoms with van der Waals surface area (Å²) in [5.74, 6) is 1.01. The summed E-state index contributed by atoms with van der Waals surface area (Å²) >= 11 is 0. The summed E-state index contributed by atoms with van der Waals surface area (Å²) < 4.78 is 40.2. The van der Waals surface area contributed by atoms with Crippen molar-refractivity contribution >= 4 is 11.6 Å². The van der Waals surface area contributed by atoms with Crippen LogP contribution < -0.4 is 5.32 Å². The van der Waals surface area contributed by atoms with E-state index in [1.807, 2.05) is 12.1 Å². The number of hydrogen-bond donors (Lipinski definition) is 1. The van der Waals surface area contributed by atoms with Gasteiger partial charge in [-0.2, -0.15) is 22.9 Å². The third-order valence-electron chi connectivity index (χ3n) is 4.79. The molecule has 0 aliphatic heterocycles. The van der Waals surface area contributed by atoms with Crippen molar-refractivity contribution in [1.29, 1.82) is 5.26 Å². The molecule has 1 N–H and O–H groups in total. The summed E-state index contributed by atoms with van der Waals surface area (Å²) in [6.45, 7) is 2.32. The van der Waals surface area contributed by atoms with Crippen LogP contribution in [0.15, 0.2) is 48.7 Å². The fourth-order valence-electron chi connectivity index (χ4n) is 3.20. The summed E-state index contributed by atoms with van der Waals surface area (Å²) in [7, 11) is 0. The van der Waals surface area contributed by atoms with E-state index in [0.29, 0.717) is 47.2 Å². The third kappa shape index (κ3) is 4.67. The topological polar surface area (TPSA) is 91.8 Å². The molecule has 7 nitrogen and oxygen atoms in total. The van der Waals surface area contributed by atoms with Crippen LogP contribution in [0.1, 0.15) is 29.1 Å². The van der Waals surface area contributed by atoms with Gasteiger partial charge >= 0.3 is 6.18 Å². The molecule has 0 saturated heterocycles. The highest BCUT2D eigenvalue weighted by Gasteiger charge is 2.30. The SMILES string of the molecule is Cc1nc2cc(-c3ccc(C(F)(F)F)cc3)nc(NCCCc3ccc(C#N)cn3)n2n1. The number of pyridine rings is 1. The lowest BCUT2D eigenvalue weighted by atomic mass is 10.1. The number of anilines is 1. The highest BCUT2D eigenvalue weighted by Crippen LogP contribution is 2.31. The van der Waals surface area contributed by atoms with E-state index < -0.39 is 11.7 Å². The lowest BCUT2D eigenvalue weighted by Crippen LogP contribution is -2.11. The number of halogens is 3. The Balaban J connectivity index is 1.52. The van der Waals surface area contributed by atoms with E-state index in [1.165, 1.54) is 12.1 Å². The van der Waals surface area contributed by atoms with Crippen LogP contribution in [0, 0.1) is 18.3 Å². The normalized spacial score (nSPS) is 11.5. The van der Waals surface area contributed by atoms with Crippen molar-refractivity contribution in [2.24, 2.45) is 0 Å². The van der Waals surface area contributed by atoms with Gasteiger partial charge in [0.05, 0.1) is 16.8 Å². The minimum atomic E-state index is -4.39. The average Bonchev–Trinajstić information content (AvgIpc) is 3.16. The highest BCUT2D eigenvalue weighted by atomic mass is 19.4. The van der Waals surface area contributed by atoms with Gasteiger partial charge in [-0.3, -0.25) is 4.98 Å². The maximum atomic E-state index is 12.9. The van der Waals surface area contributed by atoms with E-state index in [9.17, 15) is 13.2 Å². The number of nitrogens with one attached hydrogen (secondary N) is 1. The van der Waals surface area contributed by atoms with Crippen molar-refractivity contribution in [1.82, 2.24) is 24.6 Å². The monoisotopic (exact) mass is 437 g/mol. The molecule has 0 fully saturated rings. The Morgan fingerprint density at radius 2 is 1.88 bits per heavy atom. The number of aromatic nitrogens is 5. The predicted molar refractivity (Wildman–Crippen MR) is 112 cm³/mol. The largest absolute Gasteiger partial charge is 0.416 e. The Hall–Kier alpha value is -4.00. The van der Waals surface area contributed by atoms with Crippen LogP contribution in [-0.4, -0.2) is 31.1 Å². The molecular formula is C22H18F3N7. The maximum Gasteiger partial charge on any atom is 0.416 e. The molecule has 0 saturated carbocycles. The Morgan fingerprint density at radius 1 is 1.09 bits per heavy atom. The van der Waals surface area contributed by atoms with Gasteiger partial charge in [-0.1, -0.05) is 12.1 Å². The highest BCUT2D eigenvalue weighted by molar-refractivity contribution is 5.66. The minimum absolute atomic E-state index is 0.450. The number of hydrogen-bond acceptors (Lipinski definition) is 6. The molecule has 10 heteroatoms. The summed E-state index contributed by atoms with van der Waals surface area (Å²) in [6.07, 6.45) is -1.40. The van der Waals surface area contributed by atoms with Gasteiger partial charge in [0.15, 0.2) is 5.65 Å². The molecule has 0 atom stereocenters. The second kappa shape index (κ2) is 8.63. The number of nitriles is 1. The van der Waals surface area contributed by atoms with Crippen LogP contribution in [0.5, 0.6) is 0 Å². The lowest BCUT2D eigenvalue weighted by molar-refractivity contribution is -0.137. The van der Waals surface area contributed by atoms with Crippen LogP contribution in [0.25, 0.3) is 16.9 Å². The summed E-state index contributed by atoms with van der Waals surface area (Å²) in [4.78, 5) is 13.2. The number of benzene rings is 1. The fraction of sp³-hybridized carbons (Fsp3) is 0.227. The number of alkyl halides is 3. The zero-order valence-electron chi connectivity index (χ0n) is 17.1. The predicted octanol–water partition coefficient (Wildman–Crippen LogP) is 4.43. The van der Waals surface area contributed by atoms with Gasteiger partial charge in [0.2, 0.25) is 5.95 Å². The van der Waals surface area contributed by atoms with Gasteiger partial charge in [-0.15, -0.1) is 5.10 Å². The fourth-order valence-corrected chi connectivity index (χ4v) is 3.20. The molecule has 0 unspecified atom stereocenters. The van der Waals surface area contributed by atoms with Crippen molar-refractivity contribution in [2.45, 2.75) is 25.9 Å². The first-order valence-corrected chi connectivity index (χ1v) is 9.84.